The molecular weight excluding hydrogens is 292 g/mol. The normalized spacial score (nSPS) is 11.1. The smallest absolute Gasteiger partial charge is 0.101 e. The maximum Gasteiger partial charge on any atom is 0.101 e. The Morgan fingerprint density at radius 3 is 2.78 bits per heavy atom. The van der Waals surface area contributed by atoms with Crippen molar-refractivity contribution in [1.82, 2.24) is 0 Å². The predicted octanol–water partition coefficient (Wildman–Crippen LogP) is 3.80. The van der Waals surface area contributed by atoms with E-state index in [0.29, 0.717) is 5.56 Å². The van der Waals surface area contributed by atoms with Crippen molar-refractivity contribution in [2.24, 2.45) is 5.41 Å². The fourth-order valence-corrected chi connectivity index (χ4v) is 1.92. The highest BCUT2D eigenvalue weighted by atomic mass is 79.9. The number of benzene rings is 1. The van der Waals surface area contributed by atoms with Crippen LogP contribution in [0.1, 0.15) is 25.8 Å². The van der Waals surface area contributed by atoms with E-state index < -0.39 is 0 Å². The molecule has 0 bridgehead atoms. The van der Waals surface area contributed by atoms with Gasteiger partial charge in [-0.1, -0.05) is 29.8 Å². The topological polar surface area (TPSA) is 45.0 Å². The Morgan fingerprint density at radius 2 is 2.17 bits per heavy atom. The monoisotopic (exact) mass is 310 g/mol. The van der Waals surface area contributed by atoms with Gasteiger partial charge in [-0.3, -0.25) is 0 Å². The summed E-state index contributed by atoms with van der Waals surface area (Å²) in [6.45, 7) is 5.92. The minimum absolute atomic E-state index is 0.130. The molecule has 0 saturated carbocycles. The highest BCUT2D eigenvalue weighted by Gasteiger charge is 2.17. The molecule has 3 nitrogen and oxygen atoms in total. The Morgan fingerprint density at radius 1 is 1.44 bits per heavy atom. The Kier molecular flexibility index (Phi) is 5.64. The Bertz CT molecular complexity index is 438. The van der Waals surface area contributed by atoms with Crippen LogP contribution in [0, 0.1) is 16.7 Å². The zero-order chi connectivity index (χ0) is 13.6. The van der Waals surface area contributed by atoms with Crippen molar-refractivity contribution in [3.63, 3.8) is 0 Å². The standard InChI is InChI=1S/C14H19BrN2O/c1-14(2,6-7-18-3)10-17-13-8-12(15)5-4-11(13)9-16/h4-5,8,17H,6-7,10H2,1-3H3. The second-order valence-electron chi connectivity index (χ2n) is 5.06. The molecule has 0 aromatic heterocycles. The second-order valence-corrected chi connectivity index (χ2v) is 5.98. The molecular formula is C14H19BrN2O. The molecule has 1 aromatic carbocycles. The number of hydrogen-bond acceptors (Lipinski definition) is 3. The summed E-state index contributed by atoms with van der Waals surface area (Å²) in [6, 6.07) is 7.82. The van der Waals surface area contributed by atoms with E-state index in [1.807, 2.05) is 18.2 Å². The largest absolute Gasteiger partial charge is 0.385 e. The van der Waals surface area contributed by atoms with Gasteiger partial charge in [0.05, 0.1) is 11.3 Å². The molecule has 0 radical (unpaired) electrons. The molecule has 18 heavy (non-hydrogen) atoms. The van der Waals surface area contributed by atoms with Gasteiger partial charge in [0.1, 0.15) is 6.07 Å². The summed E-state index contributed by atoms with van der Waals surface area (Å²) in [7, 11) is 1.71. The third kappa shape index (κ3) is 4.67. The molecule has 0 aliphatic heterocycles. The summed E-state index contributed by atoms with van der Waals surface area (Å²) >= 11 is 3.42. The van der Waals surface area contributed by atoms with Crippen molar-refractivity contribution >= 4 is 21.6 Å². The van der Waals surface area contributed by atoms with Gasteiger partial charge >= 0.3 is 0 Å². The molecule has 0 heterocycles. The van der Waals surface area contributed by atoms with Gasteiger partial charge in [0.2, 0.25) is 0 Å². The quantitative estimate of drug-likeness (QED) is 0.869. The highest BCUT2D eigenvalue weighted by Crippen LogP contribution is 2.25. The molecule has 1 aromatic rings. The number of ether oxygens (including phenoxy) is 1. The first-order chi connectivity index (χ1) is 8.48. The van der Waals surface area contributed by atoms with Crippen LogP contribution in [-0.4, -0.2) is 20.3 Å². The molecule has 0 aliphatic carbocycles. The Balaban J connectivity index is 2.68. The number of nitrogens with one attached hydrogen (secondary N) is 1. The van der Waals surface area contributed by atoms with Crippen LogP contribution >= 0.6 is 15.9 Å². The van der Waals surface area contributed by atoms with Crippen molar-refractivity contribution in [3.05, 3.63) is 28.2 Å². The first kappa shape index (κ1) is 15.0. The number of nitriles is 1. The van der Waals surface area contributed by atoms with Gasteiger partial charge in [0.15, 0.2) is 0 Å². The molecule has 0 amide bonds. The van der Waals surface area contributed by atoms with Gasteiger partial charge in [-0.15, -0.1) is 0 Å². The third-order valence-corrected chi connectivity index (χ3v) is 3.34. The van der Waals surface area contributed by atoms with Crippen molar-refractivity contribution in [2.75, 3.05) is 25.6 Å². The third-order valence-electron chi connectivity index (χ3n) is 2.84. The van der Waals surface area contributed by atoms with Crippen molar-refractivity contribution in [2.45, 2.75) is 20.3 Å². The molecule has 1 N–H and O–H groups in total. The first-order valence-electron chi connectivity index (χ1n) is 5.91. The Labute approximate surface area is 117 Å². The van der Waals surface area contributed by atoms with Gasteiger partial charge < -0.3 is 10.1 Å². The van der Waals surface area contributed by atoms with Crippen LogP contribution in [0.4, 0.5) is 5.69 Å². The molecule has 0 spiro atoms. The maximum absolute atomic E-state index is 9.05. The molecule has 0 aliphatic rings. The second kappa shape index (κ2) is 6.77. The lowest BCUT2D eigenvalue weighted by molar-refractivity contribution is 0.157. The number of methoxy groups -OCH3 is 1. The number of hydrogen-bond donors (Lipinski definition) is 1. The molecule has 98 valence electrons. The average Bonchev–Trinajstić information content (AvgIpc) is 2.34. The Hall–Kier alpha value is -1.05. The minimum atomic E-state index is 0.130. The van der Waals surface area contributed by atoms with E-state index >= 15 is 0 Å². The summed E-state index contributed by atoms with van der Waals surface area (Å²) in [6.07, 6.45) is 0.979. The van der Waals surface area contributed by atoms with Gasteiger partial charge in [-0.05, 0) is 30.0 Å². The van der Waals surface area contributed by atoms with Crippen LogP contribution in [0.15, 0.2) is 22.7 Å². The van der Waals surface area contributed by atoms with Crippen LogP contribution in [0.5, 0.6) is 0 Å². The van der Waals surface area contributed by atoms with Crippen molar-refractivity contribution in [1.29, 1.82) is 5.26 Å². The summed E-state index contributed by atoms with van der Waals surface area (Å²) in [5.74, 6) is 0. The SMILES string of the molecule is COCCC(C)(C)CNc1cc(Br)ccc1C#N. The number of rotatable bonds is 6. The van der Waals surface area contributed by atoms with Crippen molar-refractivity contribution < 1.29 is 4.74 Å². The highest BCUT2D eigenvalue weighted by molar-refractivity contribution is 9.10. The van der Waals surface area contributed by atoms with E-state index in [1.165, 1.54) is 0 Å². The summed E-state index contributed by atoms with van der Waals surface area (Å²) < 4.78 is 6.08. The molecule has 0 saturated heterocycles. The molecule has 4 heteroatoms. The number of nitrogens with zero attached hydrogens (tertiary/aromatic N) is 1. The van der Waals surface area contributed by atoms with Crippen LogP contribution in [0.25, 0.3) is 0 Å². The molecule has 0 fully saturated rings. The molecule has 0 atom stereocenters. The molecule has 0 unspecified atom stereocenters. The summed E-state index contributed by atoms with van der Waals surface area (Å²) in [5, 5.41) is 12.4. The lowest BCUT2D eigenvalue weighted by Gasteiger charge is -2.25. The van der Waals surface area contributed by atoms with Crippen LogP contribution in [0.2, 0.25) is 0 Å². The summed E-state index contributed by atoms with van der Waals surface area (Å²) in [5.41, 5.74) is 1.67. The van der Waals surface area contributed by atoms with E-state index in [2.05, 4.69) is 41.2 Å². The van der Waals surface area contributed by atoms with Crippen LogP contribution < -0.4 is 5.32 Å². The first-order valence-corrected chi connectivity index (χ1v) is 6.70. The van der Waals surface area contributed by atoms with E-state index in [-0.39, 0.29) is 5.41 Å². The lowest BCUT2D eigenvalue weighted by Crippen LogP contribution is -2.24. The minimum Gasteiger partial charge on any atom is -0.385 e. The van der Waals surface area contributed by atoms with Crippen LogP contribution in [-0.2, 0) is 4.74 Å². The van der Waals surface area contributed by atoms with E-state index in [1.54, 1.807) is 7.11 Å². The number of halogens is 1. The van der Waals surface area contributed by atoms with Gasteiger partial charge in [-0.25, -0.2) is 0 Å². The van der Waals surface area contributed by atoms with Gasteiger partial charge in [0.25, 0.3) is 0 Å². The maximum atomic E-state index is 9.05. The van der Waals surface area contributed by atoms with Crippen molar-refractivity contribution in [3.8, 4) is 6.07 Å². The van der Waals surface area contributed by atoms with Gasteiger partial charge in [0, 0.05) is 24.7 Å². The lowest BCUT2D eigenvalue weighted by atomic mass is 9.89. The average molecular weight is 311 g/mol. The fraction of sp³-hybridized carbons (Fsp3) is 0.500. The fourth-order valence-electron chi connectivity index (χ4n) is 1.56. The summed E-state index contributed by atoms with van der Waals surface area (Å²) in [4.78, 5) is 0. The van der Waals surface area contributed by atoms with Gasteiger partial charge in [-0.2, -0.15) is 5.26 Å². The van der Waals surface area contributed by atoms with E-state index in [4.69, 9.17) is 10.00 Å². The molecule has 1 rings (SSSR count). The van der Waals surface area contributed by atoms with E-state index in [9.17, 15) is 0 Å². The predicted molar refractivity (Wildman–Crippen MR) is 77.6 cm³/mol. The number of anilines is 1. The van der Waals surface area contributed by atoms with Crippen LogP contribution in [0.3, 0.4) is 0 Å². The zero-order valence-corrected chi connectivity index (χ0v) is 12.7. The zero-order valence-electron chi connectivity index (χ0n) is 11.1. The van der Waals surface area contributed by atoms with E-state index in [0.717, 1.165) is 29.7 Å².